The summed E-state index contributed by atoms with van der Waals surface area (Å²) < 4.78 is 6.19. The lowest BCUT2D eigenvalue weighted by atomic mass is 9.91. The lowest BCUT2D eigenvalue weighted by molar-refractivity contribution is 0.312. The minimum absolute atomic E-state index is 0.919. The average Bonchev–Trinajstić information content (AvgIpc) is 2.97. The maximum atomic E-state index is 6.19. The van der Waals surface area contributed by atoms with Gasteiger partial charge in [0.1, 0.15) is 0 Å². The van der Waals surface area contributed by atoms with Crippen molar-refractivity contribution in [1.82, 2.24) is 0 Å². The molecule has 2 rings (SSSR count). The highest BCUT2D eigenvalue weighted by Crippen LogP contribution is 2.46. The summed E-state index contributed by atoms with van der Waals surface area (Å²) in [6.45, 7) is 7.76. The average molecular weight is 252 g/mol. The van der Waals surface area contributed by atoms with E-state index in [-0.39, 0.29) is 0 Å². The molecule has 1 saturated carbocycles. The first-order valence-corrected chi connectivity index (χ1v) is 10.1. The summed E-state index contributed by atoms with van der Waals surface area (Å²) in [6, 6.07) is 4.00. The highest BCUT2D eigenvalue weighted by atomic mass is 28.4. The lowest BCUT2D eigenvalue weighted by Gasteiger charge is -2.31. The van der Waals surface area contributed by atoms with Crippen LogP contribution in [-0.2, 0) is 4.43 Å². The third-order valence-corrected chi connectivity index (χ3v) is 9.80. The molecule has 0 saturated heterocycles. The summed E-state index contributed by atoms with van der Waals surface area (Å²) in [5, 5.41) is 0. The van der Waals surface area contributed by atoms with Crippen molar-refractivity contribution in [3.05, 3.63) is 12.2 Å². The van der Waals surface area contributed by atoms with Crippen LogP contribution < -0.4 is 0 Å². The van der Waals surface area contributed by atoms with E-state index < -0.39 is 8.32 Å². The Hall–Kier alpha value is -0.0831. The van der Waals surface area contributed by atoms with Crippen LogP contribution in [0.3, 0.4) is 0 Å². The Morgan fingerprint density at radius 2 is 1.88 bits per heavy atom. The Kier molecular flexibility index (Phi) is 4.48. The monoisotopic (exact) mass is 252 g/mol. The molecule has 3 atom stereocenters. The lowest BCUT2D eigenvalue weighted by Crippen LogP contribution is -2.37. The van der Waals surface area contributed by atoms with Gasteiger partial charge in [-0.3, -0.25) is 0 Å². The van der Waals surface area contributed by atoms with Crippen molar-refractivity contribution in [3.63, 3.8) is 0 Å². The zero-order valence-electron chi connectivity index (χ0n) is 11.7. The van der Waals surface area contributed by atoms with E-state index in [2.05, 4.69) is 32.9 Å². The van der Waals surface area contributed by atoms with Crippen LogP contribution in [0.25, 0.3) is 0 Å². The number of fused-ring (bicyclic) bond motifs is 2. The topological polar surface area (TPSA) is 9.23 Å². The maximum absolute atomic E-state index is 6.19. The van der Waals surface area contributed by atoms with Crippen molar-refractivity contribution < 1.29 is 4.43 Å². The molecule has 0 amide bonds. The molecule has 1 fully saturated rings. The molecule has 0 aliphatic heterocycles. The van der Waals surface area contributed by atoms with Crippen LogP contribution in [0, 0.1) is 17.8 Å². The van der Waals surface area contributed by atoms with Crippen molar-refractivity contribution in [2.24, 2.45) is 17.8 Å². The van der Waals surface area contributed by atoms with E-state index in [1.54, 1.807) is 0 Å². The van der Waals surface area contributed by atoms with Gasteiger partial charge in [-0.25, -0.2) is 0 Å². The van der Waals surface area contributed by atoms with Gasteiger partial charge in [0, 0.05) is 6.61 Å². The Morgan fingerprint density at radius 1 is 1.12 bits per heavy atom. The molecule has 3 unspecified atom stereocenters. The second-order valence-electron chi connectivity index (χ2n) is 5.90. The minimum Gasteiger partial charge on any atom is -0.417 e. The second kappa shape index (κ2) is 5.70. The van der Waals surface area contributed by atoms with Crippen molar-refractivity contribution >= 4 is 8.32 Å². The van der Waals surface area contributed by atoms with E-state index in [0.29, 0.717) is 0 Å². The molecule has 1 nitrogen and oxygen atoms in total. The molecule has 98 valence electrons. The van der Waals surface area contributed by atoms with Crippen molar-refractivity contribution in [2.45, 2.75) is 58.2 Å². The largest absolute Gasteiger partial charge is 0.417 e. The van der Waals surface area contributed by atoms with Crippen LogP contribution in [0.1, 0.15) is 40.0 Å². The first-order valence-electron chi connectivity index (χ1n) is 7.55. The van der Waals surface area contributed by atoms with Crippen molar-refractivity contribution in [1.29, 1.82) is 0 Å². The summed E-state index contributed by atoms with van der Waals surface area (Å²) in [7, 11) is -1.36. The van der Waals surface area contributed by atoms with Crippen LogP contribution in [0.15, 0.2) is 12.2 Å². The molecule has 0 radical (unpaired) electrons. The standard InChI is InChI=1S/C15H28OSi/c1-4-16-17(5-2,6-3)10-9-15-12-13-7-8-14(15)11-13/h7-8,13-15H,4-6,9-12H2,1-3H3. The zero-order chi connectivity index (χ0) is 12.3. The molecule has 0 spiro atoms. The van der Waals surface area contributed by atoms with Gasteiger partial charge in [-0.15, -0.1) is 0 Å². The first-order chi connectivity index (χ1) is 8.23. The van der Waals surface area contributed by atoms with E-state index in [4.69, 9.17) is 4.43 Å². The van der Waals surface area contributed by atoms with Crippen LogP contribution in [0.4, 0.5) is 0 Å². The summed E-state index contributed by atoms with van der Waals surface area (Å²) in [5.74, 6) is 2.83. The fraction of sp³-hybridized carbons (Fsp3) is 0.867. The van der Waals surface area contributed by atoms with Crippen LogP contribution in [0.5, 0.6) is 0 Å². The van der Waals surface area contributed by atoms with Gasteiger partial charge in [-0.05, 0) is 55.7 Å². The predicted octanol–water partition coefficient (Wildman–Crippen LogP) is 4.61. The molecule has 17 heavy (non-hydrogen) atoms. The quantitative estimate of drug-likeness (QED) is 0.475. The van der Waals surface area contributed by atoms with E-state index in [9.17, 15) is 0 Å². The fourth-order valence-corrected chi connectivity index (χ4v) is 7.13. The molecular weight excluding hydrogens is 224 g/mol. The number of hydrogen-bond acceptors (Lipinski definition) is 1. The van der Waals surface area contributed by atoms with Gasteiger partial charge in [-0.2, -0.15) is 0 Å². The van der Waals surface area contributed by atoms with Crippen LogP contribution in [-0.4, -0.2) is 14.9 Å². The molecule has 2 aliphatic carbocycles. The molecule has 0 aromatic heterocycles. The molecule has 2 bridgehead atoms. The van der Waals surface area contributed by atoms with Crippen LogP contribution >= 0.6 is 0 Å². The highest BCUT2D eigenvalue weighted by molar-refractivity contribution is 6.73. The Morgan fingerprint density at radius 3 is 2.35 bits per heavy atom. The smallest absolute Gasteiger partial charge is 0.192 e. The molecule has 0 N–H and O–H groups in total. The van der Waals surface area contributed by atoms with Gasteiger partial charge in [0.25, 0.3) is 0 Å². The van der Waals surface area contributed by atoms with Gasteiger partial charge >= 0.3 is 0 Å². The Bertz CT molecular complexity index is 270. The Balaban J connectivity index is 1.85. The van der Waals surface area contributed by atoms with E-state index in [1.807, 2.05) is 0 Å². The van der Waals surface area contributed by atoms with Gasteiger partial charge in [-0.1, -0.05) is 32.4 Å². The van der Waals surface area contributed by atoms with E-state index in [1.165, 1.54) is 37.4 Å². The molecule has 0 heterocycles. The Labute approximate surface area is 108 Å². The fourth-order valence-electron chi connectivity index (χ4n) is 3.86. The van der Waals surface area contributed by atoms with E-state index in [0.717, 1.165) is 24.4 Å². The number of allylic oxidation sites excluding steroid dienone is 2. The third kappa shape index (κ3) is 2.85. The summed E-state index contributed by atoms with van der Waals surface area (Å²) in [5.41, 5.74) is 0. The third-order valence-electron chi connectivity index (χ3n) is 5.13. The van der Waals surface area contributed by atoms with Crippen molar-refractivity contribution in [2.75, 3.05) is 6.61 Å². The molecule has 2 heteroatoms. The predicted molar refractivity (Wildman–Crippen MR) is 76.6 cm³/mol. The maximum Gasteiger partial charge on any atom is 0.192 e. The summed E-state index contributed by atoms with van der Waals surface area (Å²) in [6.07, 6.45) is 9.28. The number of hydrogen-bond donors (Lipinski definition) is 0. The minimum atomic E-state index is -1.36. The molecular formula is C15H28OSi. The number of rotatable bonds is 7. The summed E-state index contributed by atoms with van der Waals surface area (Å²) >= 11 is 0. The highest BCUT2D eigenvalue weighted by Gasteiger charge is 2.38. The zero-order valence-corrected chi connectivity index (χ0v) is 12.7. The molecule has 2 aliphatic rings. The molecule has 0 aromatic carbocycles. The second-order valence-corrected chi connectivity index (χ2v) is 10.5. The van der Waals surface area contributed by atoms with Crippen molar-refractivity contribution in [3.8, 4) is 0 Å². The summed E-state index contributed by atoms with van der Waals surface area (Å²) in [4.78, 5) is 0. The first kappa shape index (κ1) is 13.4. The normalized spacial score (nSPS) is 31.4. The van der Waals surface area contributed by atoms with Crippen LogP contribution in [0.2, 0.25) is 18.1 Å². The molecule has 0 aromatic rings. The van der Waals surface area contributed by atoms with Gasteiger partial charge in [0.05, 0.1) is 0 Å². The van der Waals surface area contributed by atoms with Gasteiger partial charge in [0.15, 0.2) is 8.32 Å². The SMILES string of the molecule is CCO[Si](CC)(CC)CCC1CC2C=CC1C2. The van der Waals surface area contributed by atoms with Gasteiger partial charge in [0.2, 0.25) is 0 Å². The van der Waals surface area contributed by atoms with Gasteiger partial charge < -0.3 is 4.43 Å². The van der Waals surface area contributed by atoms with E-state index >= 15 is 0 Å².